The third-order valence-corrected chi connectivity index (χ3v) is 5.31. The van der Waals surface area contributed by atoms with Crippen molar-refractivity contribution >= 4 is 17.3 Å². The van der Waals surface area contributed by atoms with Crippen LogP contribution in [0.1, 0.15) is 65.3 Å². The van der Waals surface area contributed by atoms with Crippen molar-refractivity contribution in [1.82, 2.24) is 25.0 Å². The first-order valence-corrected chi connectivity index (χ1v) is 10.2. The first kappa shape index (κ1) is 19.1. The molecule has 2 amide bonds. The number of rotatable bonds is 5. The van der Waals surface area contributed by atoms with Crippen LogP contribution in [0.25, 0.3) is 5.52 Å². The van der Waals surface area contributed by atoms with E-state index in [0.717, 1.165) is 31.4 Å². The van der Waals surface area contributed by atoms with Crippen LogP contribution in [0, 0.1) is 0 Å². The Hall–Kier alpha value is -3.22. The van der Waals surface area contributed by atoms with Gasteiger partial charge in [-0.25, -0.2) is 4.98 Å². The molecule has 150 valence electrons. The summed E-state index contributed by atoms with van der Waals surface area (Å²) in [5.41, 5.74) is 1.67. The number of fused-ring (bicyclic) bond motifs is 1. The van der Waals surface area contributed by atoms with Gasteiger partial charge in [-0.3, -0.25) is 19.0 Å². The van der Waals surface area contributed by atoms with Gasteiger partial charge in [-0.05, 0) is 37.1 Å². The van der Waals surface area contributed by atoms with Crippen molar-refractivity contribution in [2.24, 2.45) is 0 Å². The van der Waals surface area contributed by atoms with Crippen molar-refractivity contribution in [2.45, 2.75) is 51.1 Å². The van der Waals surface area contributed by atoms with Gasteiger partial charge in [0, 0.05) is 18.4 Å². The van der Waals surface area contributed by atoms with Crippen molar-refractivity contribution in [3.05, 3.63) is 66.0 Å². The van der Waals surface area contributed by atoms with E-state index in [1.807, 2.05) is 36.4 Å². The molecule has 0 saturated heterocycles. The van der Waals surface area contributed by atoms with Gasteiger partial charge in [-0.2, -0.15) is 0 Å². The molecule has 1 fully saturated rings. The van der Waals surface area contributed by atoms with Crippen LogP contribution in [0.2, 0.25) is 0 Å². The molecule has 1 aliphatic carbocycles. The van der Waals surface area contributed by atoms with Crippen molar-refractivity contribution in [3.8, 4) is 0 Å². The Morgan fingerprint density at radius 3 is 2.55 bits per heavy atom. The molecule has 1 aliphatic rings. The molecule has 3 aromatic rings. The van der Waals surface area contributed by atoms with E-state index in [1.54, 1.807) is 16.8 Å². The summed E-state index contributed by atoms with van der Waals surface area (Å²) in [6.07, 6.45) is 10.1. The number of imidazole rings is 1. The second-order valence-electron chi connectivity index (χ2n) is 7.41. The van der Waals surface area contributed by atoms with Gasteiger partial charge in [0.25, 0.3) is 11.8 Å². The number of amides is 2. The van der Waals surface area contributed by atoms with Crippen molar-refractivity contribution < 1.29 is 9.59 Å². The quantitative estimate of drug-likeness (QED) is 0.654. The second-order valence-corrected chi connectivity index (χ2v) is 7.41. The summed E-state index contributed by atoms with van der Waals surface area (Å²) in [6.45, 7) is 0.297. The normalized spacial score (nSPS) is 15.0. The summed E-state index contributed by atoms with van der Waals surface area (Å²) in [7, 11) is 0. The second kappa shape index (κ2) is 8.86. The van der Waals surface area contributed by atoms with Crippen molar-refractivity contribution in [2.75, 3.05) is 0 Å². The highest BCUT2D eigenvalue weighted by Gasteiger charge is 2.23. The molecule has 0 spiro atoms. The lowest BCUT2D eigenvalue weighted by molar-refractivity contribution is 0.0930. The molecule has 7 heteroatoms. The smallest absolute Gasteiger partial charge is 0.288 e. The molecular formula is C22H25N5O2. The summed E-state index contributed by atoms with van der Waals surface area (Å²) >= 11 is 0. The molecule has 29 heavy (non-hydrogen) atoms. The molecule has 3 heterocycles. The number of pyridine rings is 2. The van der Waals surface area contributed by atoms with Crippen LogP contribution >= 0.6 is 0 Å². The maximum Gasteiger partial charge on any atom is 0.288 e. The van der Waals surface area contributed by atoms with Crippen LogP contribution in [0.3, 0.4) is 0 Å². The average molecular weight is 391 g/mol. The van der Waals surface area contributed by atoms with E-state index in [0.29, 0.717) is 12.1 Å². The predicted molar refractivity (Wildman–Crippen MR) is 110 cm³/mol. The lowest BCUT2D eigenvalue weighted by Gasteiger charge is -2.15. The number of hydrogen-bond acceptors (Lipinski definition) is 4. The summed E-state index contributed by atoms with van der Waals surface area (Å²) < 4.78 is 1.66. The number of carbonyl (C=O) groups excluding carboxylic acids is 2. The lowest BCUT2D eigenvalue weighted by atomic mass is 10.1. The number of nitrogens with zero attached hydrogens (tertiary/aromatic N) is 3. The molecule has 2 N–H and O–H groups in total. The van der Waals surface area contributed by atoms with Gasteiger partial charge in [0.2, 0.25) is 5.82 Å². The van der Waals surface area contributed by atoms with Gasteiger partial charge in [0.05, 0.1) is 17.8 Å². The van der Waals surface area contributed by atoms with E-state index in [1.165, 1.54) is 12.8 Å². The van der Waals surface area contributed by atoms with Gasteiger partial charge < -0.3 is 10.6 Å². The summed E-state index contributed by atoms with van der Waals surface area (Å²) in [6, 6.07) is 11.2. The number of aromatic nitrogens is 3. The average Bonchev–Trinajstić information content (AvgIpc) is 2.96. The molecular weight excluding hydrogens is 366 g/mol. The minimum absolute atomic E-state index is 0.173. The maximum absolute atomic E-state index is 12.9. The molecule has 3 aromatic heterocycles. The standard InChI is InChI=1S/C22H25N5O2/c28-21(25-16-9-3-1-2-4-10-16)19-18-12-6-8-14-27(18)20(26-19)22(29)24-15-17-11-5-7-13-23-17/h5-8,11-14,16H,1-4,9-10,15H2,(H,24,29)(H,25,28). The van der Waals surface area contributed by atoms with Crippen LogP contribution in [-0.2, 0) is 6.54 Å². The largest absolute Gasteiger partial charge is 0.348 e. The van der Waals surface area contributed by atoms with E-state index in [-0.39, 0.29) is 29.4 Å². The topological polar surface area (TPSA) is 88.4 Å². The molecule has 7 nitrogen and oxygen atoms in total. The zero-order chi connectivity index (χ0) is 20.1. The number of nitrogens with one attached hydrogen (secondary N) is 2. The van der Waals surface area contributed by atoms with E-state index in [2.05, 4.69) is 20.6 Å². The lowest BCUT2D eigenvalue weighted by Crippen LogP contribution is -2.34. The van der Waals surface area contributed by atoms with Crippen LogP contribution < -0.4 is 10.6 Å². The van der Waals surface area contributed by atoms with Gasteiger partial charge in [-0.15, -0.1) is 0 Å². The third-order valence-electron chi connectivity index (χ3n) is 5.31. The fourth-order valence-electron chi connectivity index (χ4n) is 3.80. The van der Waals surface area contributed by atoms with Gasteiger partial charge in [0.15, 0.2) is 5.69 Å². The van der Waals surface area contributed by atoms with Crippen molar-refractivity contribution in [1.29, 1.82) is 0 Å². The minimum Gasteiger partial charge on any atom is -0.348 e. The van der Waals surface area contributed by atoms with E-state index in [4.69, 9.17) is 0 Å². The van der Waals surface area contributed by atoms with E-state index >= 15 is 0 Å². The van der Waals surface area contributed by atoms with E-state index in [9.17, 15) is 9.59 Å². The first-order chi connectivity index (χ1) is 14.2. The highest BCUT2D eigenvalue weighted by Crippen LogP contribution is 2.19. The zero-order valence-corrected chi connectivity index (χ0v) is 16.3. The fourth-order valence-corrected chi connectivity index (χ4v) is 3.80. The molecule has 0 bridgehead atoms. The number of carbonyl (C=O) groups is 2. The summed E-state index contributed by atoms with van der Waals surface area (Å²) in [4.78, 5) is 34.3. The van der Waals surface area contributed by atoms with Crippen molar-refractivity contribution in [3.63, 3.8) is 0 Å². The zero-order valence-electron chi connectivity index (χ0n) is 16.3. The SMILES string of the molecule is O=C(NC1CCCCCC1)c1nc(C(=O)NCc2ccccn2)n2ccccc12. The Bertz CT molecular complexity index is 991. The molecule has 0 aromatic carbocycles. The highest BCUT2D eigenvalue weighted by atomic mass is 16.2. The Labute approximate surface area is 169 Å². The maximum atomic E-state index is 12.9. The first-order valence-electron chi connectivity index (χ1n) is 10.2. The molecule has 1 saturated carbocycles. The Balaban J connectivity index is 1.54. The Kier molecular flexibility index (Phi) is 5.84. The fraction of sp³-hybridized carbons (Fsp3) is 0.364. The van der Waals surface area contributed by atoms with Gasteiger partial charge in [0.1, 0.15) is 0 Å². The predicted octanol–water partition coefficient (Wildman–Crippen LogP) is 3.11. The van der Waals surface area contributed by atoms with Crippen LogP contribution in [0.4, 0.5) is 0 Å². The third kappa shape index (κ3) is 4.45. The monoisotopic (exact) mass is 391 g/mol. The summed E-state index contributed by atoms with van der Waals surface area (Å²) in [5.74, 6) is -0.364. The molecule has 0 unspecified atom stereocenters. The van der Waals surface area contributed by atoms with Gasteiger partial charge >= 0.3 is 0 Å². The Morgan fingerprint density at radius 2 is 1.79 bits per heavy atom. The Morgan fingerprint density at radius 1 is 1.00 bits per heavy atom. The molecule has 0 aliphatic heterocycles. The molecule has 4 rings (SSSR count). The highest BCUT2D eigenvalue weighted by molar-refractivity contribution is 6.02. The molecule has 0 atom stereocenters. The number of hydrogen-bond donors (Lipinski definition) is 2. The molecule has 0 radical (unpaired) electrons. The summed E-state index contributed by atoms with van der Waals surface area (Å²) in [5, 5.41) is 5.95. The van der Waals surface area contributed by atoms with E-state index < -0.39 is 0 Å². The van der Waals surface area contributed by atoms with Crippen LogP contribution in [-0.4, -0.2) is 32.2 Å². The minimum atomic E-state index is -0.342. The van der Waals surface area contributed by atoms with Crippen LogP contribution in [0.15, 0.2) is 48.8 Å². The van der Waals surface area contributed by atoms with Crippen LogP contribution in [0.5, 0.6) is 0 Å². The van der Waals surface area contributed by atoms with Gasteiger partial charge in [-0.1, -0.05) is 37.8 Å².